The van der Waals surface area contributed by atoms with E-state index >= 15 is 0 Å². The van der Waals surface area contributed by atoms with Crippen LogP contribution in [0.15, 0.2) is 54.7 Å². The molecule has 3 rings (SSSR count). The molecule has 3 heteroatoms. The van der Waals surface area contributed by atoms with Crippen molar-refractivity contribution in [2.24, 2.45) is 0 Å². The Morgan fingerprint density at radius 1 is 1.16 bits per heavy atom. The summed E-state index contributed by atoms with van der Waals surface area (Å²) in [5.41, 5.74) is 2.82. The fourth-order valence-corrected chi connectivity index (χ4v) is 2.20. The average Bonchev–Trinajstić information content (AvgIpc) is 2.82. The Morgan fingerprint density at radius 3 is 2.84 bits per heavy atom. The highest BCUT2D eigenvalue weighted by atomic mass is 16.1. The highest BCUT2D eigenvalue weighted by molar-refractivity contribution is 5.96. The SMILES string of the molecule is Cc1cccc(C(=O)Cn2ncc3ccccc32)c1. The number of Topliss-reactive ketones (excluding diaryl/α,β-unsaturated/α-hetero) is 1. The quantitative estimate of drug-likeness (QED) is 0.669. The zero-order valence-electron chi connectivity index (χ0n) is 10.7. The van der Waals surface area contributed by atoms with Crippen molar-refractivity contribution < 1.29 is 4.79 Å². The Hall–Kier alpha value is -2.42. The third-order valence-corrected chi connectivity index (χ3v) is 3.18. The van der Waals surface area contributed by atoms with Gasteiger partial charge >= 0.3 is 0 Å². The molecular weight excluding hydrogens is 236 g/mol. The monoisotopic (exact) mass is 250 g/mol. The number of rotatable bonds is 3. The zero-order valence-corrected chi connectivity index (χ0v) is 10.7. The molecule has 0 saturated carbocycles. The number of carbonyl (C=O) groups is 1. The first-order chi connectivity index (χ1) is 9.24. The molecule has 0 unspecified atom stereocenters. The molecule has 0 radical (unpaired) electrons. The van der Waals surface area contributed by atoms with Crippen LogP contribution < -0.4 is 0 Å². The molecule has 3 aromatic rings. The van der Waals surface area contributed by atoms with E-state index in [4.69, 9.17) is 0 Å². The summed E-state index contributed by atoms with van der Waals surface area (Å²) in [6.45, 7) is 2.26. The maximum atomic E-state index is 12.2. The van der Waals surface area contributed by atoms with Gasteiger partial charge in [0.2, 0.25) is 0 Å². The van der Waals surface area contributed by atoms with Crippen molar-refractivity contribution in [1.82, 2.24) is 9.78 Å². The lowest BCUT2D eigenvalue weighted by molar-refractivity contribution is 0.0969. The fraction of sp³-hybridized carbons (Fsp3) is 0.125. The number of hydrogen-bond donors (Lipinski definition) is 0. The van der Waals surface area contributed by atoms with Crippen LogP contribution in [0.25, 0.3) is 10.9 Å². The van der Waals surface area contributed by atoms with Gasteiger partial charge in [-0.05, 0) is 19.1 Å². The van der Waals surface area contributed by atoms with Gasteiger partial charge in [-0.15, -0.1) is 0 Å². The molecule has 0 N–H and O–H groups in total. The van der Waals surface area contributed by atoms with E-state index in [1.807, 2.05) is 55.5 Å². The third kappa shape index (κ3) is 2.27. The lowest BCUT2D eigenvalue weighted by Crippen LogP contribution is -2.11. The smallest absolute Gasteiger partial charge is 0.184 e. The largest absolute Gasteiger partial charge is 0.292 e. The van der Waals surface area contributed by atoms with Crippen LogP contribution in [-0.4, -0.2) is 15.6 Å². The second kappa shape index (κ2) is 4.69. The van der Waals surface area contributed by atoms with Crippen molar-refractivity contribution in [3.63, 3.8) is 0 Å². The minimum Gasteiger partial charge on any atom is -0.292 e. The van der Waals surface area contributed by atoms with Gasteiger partial charge in [-0.1, -0.05) is 42.0 Å². The molecule has 0 saturated heterocycles. The van der Waals surface area contributed by atoms with Crippen LogP contribution in [0, 0.1) is 6.92 Å². The Bertz CT molecular complexity index is 743. The molecule has 19 heavy (non-hydrogen) atoms. The number of nitrogens with zero attached hydrogens (tertiary/aromatic N) is 2. The van der Waals surface area contributed by atoms with E-state index in [1.165, 1.54) is 0 Å². The molecule has 0 spiro atoms. The Labute approximate surface area is 111 Å². The van der Waals surface area contributed by atoms with Crippen LogP contribution in [0.3, 0.4) is 0 Å². The first-order valence-corrected chi connectivity index (χ1v) is 6.24. The molecule has 0 amide bonds. The summed E-state index contributed by atoms with van der Waals surface area (Å²) < 4.78 is 1.75. The summed E-state index contributed by atoms with van der Waals surface area (Å²) >= 11 is 0. The van der Waals surface area contributed by atoms with Crippen LogP contribution in [0.1, 0.15) is 15.9 Å². The van der Waals surface area contributed by atoms with E-state index in [-0.39, 0.29) is 12.3 Å². The average molecular weight is 250 g/mol. The predicted molar refractivity (Wildman–Crippen MR) is 75.2 cm³/mol. The van der Waals surface area contributed by atoms with Crippen molar-refractivity contribution >= 4 is 16.7 Å². The molecule has 0 fully saturated rings. The van der Waals surface area contributed by atoms with Gasteiger partial charge in [-0.25, -0.2) is 0 Å². The van der Waals surface area contributed by atoms with E-state index in [9.17, 15) is 4.79 Å². The summed E-state index contributed by atoms with van der Waals surface area (Å²) in [6.07, 6.45) is 1.79. The van der Waals surface area contributed by atoms with E-state index in [1.54, 1.807) is 10.9 Å². The van der Waals surface area contributed by atoms with Crippen LogP contribution in [0.4, 0.5) is 0 Å². The normalized spacial score (nSPS) is 10.8. The lowest BCUT2D eigenvalue weighted by Gasteiger charge is -2.04. The zero-order chi connectivity index (χ0) is 13.2. The number of hydrogen-bond acceptors (Lipinski definition) is 2. The fourth-order valence-electron chi connectivity index (χ4n) is 2.20. The highest BCUT2D eigenvalue weighted by Gasteiger charge is 2.09. The molecule has 94 valence electrons. The number of aryl methyl sites for hydroxylation is 1. The van der Waals surface area contributed by atoms with Crippen molar-refractivity contribution in [2.45, 2.75) is 13.5 Å². The second-order valence-corrected chi connectivity index (χ2v) is 4.65. The number of benzene rings is 2. The van der Waals surface area contributed by atoms with E-state index in [0.717, 1.165) is 22.0 Å². The Morgan fingerprint density at radius 2 is 2.00 bits per heavy atom. The van der Waals surface area contributed by atoms with Gasteiger partial charge in [0.05, 0.1) is 11.7 Å². The molecular formula is C16H14N2O. The van der Waals surface area contributed by atoms with Gasteiger partial charge in [0.1, 0.15) is 6.54 Å². The molecule has 1 heterocycles. The predicted octanol–water partition coefficient (Wildman–Crippen LogP) is 3.23. The van der Waals surface area contributed by atoms with Gasteiger partial charge < -0.3 is 0 Å². The van der Waals surface area contributed by atoms with Gasteiger partial charge in [0.15, 0.2) is 5.78 Å². The van der Waals surface area contributed by atoms with Crippen LogP contribution >= 0.6 is 0 Å². The summed E-state index contributed by atoms with van der Waals surface area (Å²) in [6, 6.07) is 15.6. The molecule has 0 bridgehead atoms. The molecule has 0 aliphatic heterocycles. The number of para-hydroxylation sites is 1. The van der Waals surface area contributed by atoms with Crippen molar-refractivity contribution in [2.75, 3.05) is 0 Å². The summed E-state index contributed by atoms with van der Waals surface area (Å²) in [4.78, 5) is 12.2. The molecule has 0 atom stereocenters. The Kier molecular flexibility index (Phi) is 2.88. The van der Waals surface area contributed by atoms with Crippen molar-refractivity contribution in [3.05, 3.63) is 65.9 Å². The highest BCUT2D eigenvalue weighted by Crippen LogP contribution is 2.14. The maximum absolute atomic E-state index is 12.2. The number of aromatic nitrogens is 2. The second-order valence-electron chi connectivity index (χ2n) is 4.65. The van der Waals surface area contributed by atoms with Gasteiger partial charge in [0.25, 0.3) is 0 Å². The minimum absolute atomic E-state index is 0.0811. The molecule has 0 aliphatic rings. The van der Waals surface area contributed by atoms with Crippen LogP contribution in [-0.2, 0) is 6.54 Å². The standard InChI is InChI=1S/C16H14N2O/c1-12-5-4-7-13(9-12)16(19)11-18-15-8-3-2-6-14(15)10-17-18/h2-10H,11H2,1H3. The summed E-state index contributed by atoms with van der Waals surface area (Å²) in [7, 11) is 0. The number of fused-ring (bicyclic) bond motifs is 1. The first-order valence-electron chi connectivity index (χ1n) is 6.24. The first kappa shape index (κ1) is 11.7. The summed E-state index contributed by atoms with van der Waals surface area (Å²) in [5, 5.41) is 5.33. The van der Waals surface area contributed by atoms with Crippen LogP contribution in [0.5, 0.6) is 0 Å². The van der Waals surface area contributed by atoms with Gasteiger partial charge in [-0.3, -0.25) is 9.48 Å². The van der Waals surface area contributed by atoms with E-state index in [2.05, 4.69) is 5.10 Å². The molecule has 2 aromatic carbocycles. The van der Waals surface area contributed by atoms with Gasteiger partial charge in [-0.2, -0.15) is 5.10 Å². The van der Waals surface area contributed by atoms with E-state index < -0.39 is 0 Å². The Balaban J connectivity index is 1.91. The lowest BCUT2D eigenvalue weighted by atomic mass is 10.1. The molecule has 3 nitrogen and oxygen atoms in total. The van der Waals surface area contributed by atoms with Crippen molar-refractivity contribution in [3.8, 4) is 0 Å². The number of ketones is 1. The minimum atomic E-state index is 0.0811. The summed E-state index contributed by atoms with van der Waals surface area (Å²) in [5.74, 6) is 0.0811. The third-order valence-electron chi connectivity index (χ3n) is 3.18. The maximum Gasteiger partial charge on any atom is 0.184 e. The number of carbonyl (C=O) groups excluding carboxylic acids is 1. The van der Waals surface area contributed by atoms with Crippen molar-refractivity contribution in [1.29, 1.82) is 0 Å². The topological polar surface area (TPSA) is 34.9 Å². The molecule has 0 aliphatic carbocycles. The molecule has 1 aromatic heterocycles. The van der Waals surface area contributed by atoms with Gasteiger partial charge in [0, 0.05) is 10.9 Å². The van der Waals surface area contributed by atoms with Crippen LogP contribution in [0.2, 0.25) is 0 Å². The van der Waals surface area contributed by atoms with E-state index in [0.29, 0.717) is 0 Å².